The van der Waals surface area contributed by atoms with Gasteiger partial charge in [-0.3, -0.25) is 25.2 Å². The molecule has 0 saturated carbocycles. The van der Waals surface area contributed by atoms with Gasteiger partial charge < -0.3 is 10.1 Å². The van der Waals surface area contributed by atoms with Gasteiger partial charge in [-0.2, -0.15) is 11.3 Å². The Hall–Kier alpha value is -2.39. The van der Waals surface area contributed by atoms with E-state index in [4.69, 9.17) is 4.74 Å². The van der Waals surface area contributed by atoms with E-state index in [2.05, 4.69) is 32.1 Å². The molecule has 0 radical (unpaired) electrons. The Labute approximate surface area is 163 Å². The minimum atomic E-state index is -0.789. The van der Waals surface area contributed by atoms with E-state index in [1.165, 1.54) is 11.3 Å². The lowest BCUT2D eigenvalue weighted by molar-refractivity contribution is -0.132. The molecule has 26 heavy (non-hydrogen) atoms. The molecule has 0 fully saturated rings. The molecule has 3 N–H and O–H groups in total. The Bertz CT molecular complexity index is 767. The number of nitrogens with one attached hydrogen (secondary N) is 3. The lowest BCUT2D eigenvalue weighted by Crippen LogP contribution is -2.47. The average molecular weight is 440 g/mol. The van der Waals surface area contributed by atoms with Crippen molar-refractivity contribution in [2.45, 2.75) is 19.4 Å². The van der Waals surface area contributed by atoms with E-state index < -0.39 is 17.9 Å². The van der Waals surface area contributed by atoms with Gasteiger partial charge in [-0.25, -0.2) is 0 Å². The second-order valence-electron chi connectivity index (χ2n) is 5.27. The maximum absolute atomic E-state index is 11.9. The minimum absolute atomic E-state index is 0.0387. The maximum atomic E-state index is 11.9. The Kier molecular flexibility index (Phi) is 7.61. The van der Waals surface area contributed by atoms with E-state index in [1.807, 2.05) is 6.07 Å². The summed E-state index contributed by atoms with van der Waals surface area (Å²) in [6.07, 6.45) is -0.750. The molecule has 1 unspecified atom stereocenters. The minimum Gasteiger partial charge on any atom is -0.481 e. The summed E-state index contributed by atoms with van der Waals surface area (Å²) in [6, 6.07) is 8.79. The zero-order chi connectivity index (χ0) is 18.9. The van der Waals surface area contributed by atoms with E-state index >= 15 is 0 Å². The first-order valence-corrected chi connectivity index (χ1v) is 9.50. The van der Waals surface area contributed by atoms with Crippen molar-refractivity contribution in [1.82, 2.24) is 16.2 Å². The molecule has 9 heteroatoms. The third kappa shape index (κ3) is 6.49. The van der Waals surface area contributed by atoms with Crippen LogP contribution in [-0.2, 0) is 9.59 Å². The molecule has 1 heterocycles. The predicted molar refractivity (Wildman–Crippen MR) is 102 cm³/mol. The van der Waals surface area contributed by atoms with Crippen molar-refractivity contribution in [3.8, 4) is 5.75 Å². The van der Waals surface area contributed by atoms with Crippen molar-refractivity contribution >= 4 is 45.0 Å². The van der Waals surface area contributed by atoms with Gasteiger partial charge in [0.15, 0.2) is 6.10 Å². The van der Waals surface area contributed by atoms with Gasteiger partial charge in [0.1, 0.15) is 5.75 Å². The number of carbonyl (C=O) groups is 3. The molecule has 0 saturated heterocycles. The van der Waals surface area contributed by atoms with Crippen LogP contribution >= 0.6 is 27.3 Å². The van der Waals surface area contributed by atoms with E-state index in [1.54, 1.807) is 41.9 Å². The summed E-state index contributed by atoms with van der Waals surface area (Å²) in [5.41, 5.74) is 5.15. The zero-order valence-electron chi connectivity index (χ0n) is 14.0. The van der Waals surface area contributed by atoms with Gasteiger partial charge in [-0.15, -0.1) is 0 Å². The van der Waals surface area contributed by atoms with Crippen LogP contribution in [0.4, 0.5) is 0 Å². The fourth-order valence-electron chi connectivity index (χ4n) is 1.88. The second kappa shape index (κ2) is 9.93. The van der Waals surface area contributed by atoms with Crippen LogP contribution in [-0.4, -0.2) is 30.4 Å². The topological polar surface area (TPSA) is 96.5 Å². The summed E-state index contributed by atoms with van der Waals surface area (Å²) >= 11 is 4.74. The Morgan fingerprint density at radius 3 is 2.73 bits per heavy atom. The van der Waals surface area contributed by atoms with Crippen LogP contribution in [0.25, 0.3) is 0 Å². The number of hydrogen-bond acceptors (Lipinski definition) is 5. The van der Waals surface area contributed by atoms with Gasteiger partial charge in [0.2, 0.25) is 5.91 Å². The number of ether oxygens (including phenoxy) is 1. The smallest absolute Gasteiger partial charge is 0.279 e. The van der Waals surface area contributed by atoms with Crippen molar-refractivity contribution in [2.75, 3.05) is 6.54 Å². The predicted octanol–water partition coefficient (Wildman–Crippen LogP) is 2.25. The lowest BCUT2D eigenvalue weighted by atomic mass is 10.3. The Balaban J connectivity index is 1.66. The maximum Gasteiger partial charge on any atom is 0.279 e. The molecule has 7 nitrogen and oxygen atoms in total. The zero-order valence-corrected chi connectivity index (χ0v) is 16.4. The number of halogens is 1. The number of hydrazine groups is 1. The average Bonchev–Trinajstić information content (AvgIpc) is 3.14. The van der Waals surface area contributed by atoms with Gasteiger partial charge in [0.25, 0.3) is 11.8 Å². The number of carbonyl (C=O) groups excluding carboxylic acids is 3. The van der Waals surface area contributed by atoms with E-state index in [0.29, 0.717) is 11.3 Å². The molecular weight excluding hydrogens is 422 g/mol. The second-order valence-corrected chi connectivity index (χ2v) is 6.97. The summed E-state index contributed by atoms with van der Waals surface area (Å²) in [5.74, 6) is -0.608. The number of benzene rings is 1. The van der Waals surface area contributed by atoms with Crippen LogP contribution < -0.4 is 20.9 Å². The molecular formula is C17H18BrN3O4S. The molecule has 2 aromatic rings. The number of amides is 3. The first kappa shape index (κ1) is 19.9. The fourth-order valence-corrected chi connectivity index (χ4v) is 2.89. The normalized spacial score (nSPS) is 11.3. The largest absolute Gasteiger partial charge is 0.481 e. The number of hydrogen-bond donors (Lipinski definition) is 3. The van der Waals surface area contributed by atoms with Crippen molar-refractivity contribution < 1.29 is 19.1 Å². The summed E-state index contributed by atoms with van der Waals surface area (Å²) in [4.78, 5) is 35.4. The molecule has 1 atom stereocenters. The van der Waals surface area contributed by atoms with Crippen LogP contribution in [0.3, 0.4) is 0 Å². The van der Waals surface area contributed by atoms with Crippen molar-refractivity contribution in [3.05, 3.63) is 51.1 Å². The highest BCUT2D eigenvalue weighted by atomic mass is 79.9. The summed E-state index contributed by atoms with van der Waals surface area (Å²) in [5, 5.41) is 6.15. The third-order valence-corrected chi connectivity index (χ3v) is 4.40. The Morgan fingerprint density at radius 1 is 1.23 bits per heavy atom. The van der Waals surface area contributed by atoms with Crippen LogP contribution in [0.1, 0.15) is 23.7 Å². The first-order chi connectivity index (χ1) is 12.5. The van der Waals surface area contributed by atoms with Crippen molar-refractivity contribution in [1.29, 1.82) is 0 Å². The highest BCUT2D eigenvalue weighted by Crippen LogP contribution is 2.18. The summed E-state index contributed by atoms with van der Waals surface area (Å²) in [7, 11) is 0. The third-order valence-electron chi connectivity index (χ3n) is 3.22. The van der Waals surface area contributed by atoms with Gasteiger partial charge in [0, 0.05) is 28.4 Å². The van der Waals surface area contributed by atoms with Crippen molar-refractivity contribution in [3.63, 3.8) is 0 Å². The van der Waals surface area contributed by atoms with Gasteiger partial charge in [-0.1, -0.05) is 22.0 Å². The molecule has 2 rings (SSSR count). The SMILES string of the molecule is CC(Oc1cccc(Br)c1)C(=O)NNC(=O)CCNC(=O)c1ccsc1. The highest BCUT2D eigenvalue weighted by Gasteiger charge is 2.15. The molecule has 1 aromatic heterocycles. The van der Waals surface area contributed by atoms with Gasteiger partial charge in [0.05, 0.1) is 0 Å². The highest BCUT2D eigenvalue weighted by molar-refractivity contribution is 9.10. The molecule has 0 spiro atoms. The van der Waals surface area contributed by atoms with Crippen LogP contribution in [0.5, 0.6) is 5.75 Å². The van der Waals surface area contributed by atoms with E-state index in [0.717, 1.165) is 4.47 Å². The van der Waals surface area contributed by atoms with Crippen molar-refractivity contribution in [2.24, 2.45) is 0 Å². The van der Waals surface area contributed by atoms with Gasteiger partial charge in [-0.05, 0) is 36.6 Å². The molecule has 1 aromatic carbocycles. The van der Waals surface area contributed by atoms with E-state index in [9.17, 15) is 14.4 Å². The monoisotopic (exact) mass is 439 g/mol. The molecule has 138 valence electrons. The van der Waals surface area contributed by atoms with Crippen LogP contribution in [0, 0.1) is 0 Å². The molecule has 0 aliphatic heterocycles. The van der Waals surface area contributed by atoms with E-state index in [-0.39, 0.29) is 18.9 Å². The number of rotatable bonds is 7. The molecule has 3 amide bonds. The molecule has 0 aliphatic carbocycles. The number of thiophene rings is 1. The first-order valence-electron chi connectivity index (χ1n) is 7.77. The fraction of sp³-hybridized carbons (Fsp3) is 0.235. The van der Waals surface area contributed by atoms with Gasteiger partial charge >= 0.3 is 0 Å². The Morgan fingerprint density at radius 2 is 2.04 bits per heavy atom. The standard InChI is InChI=1S/C17H18BrN3O4S/c1-11(25-14-4-2-3-13(18)9-14)16(23)21-20-15(22)5-7-19-17(24)12-6-8-26-10-12/h2-4,6,8-11H,5,7H2,1H3,(H,19,24)(H,20,22)(H,21,23). The van der Waals surface area contributed by atoms with Crippen LogP contribution in [0.15, 0.2) is 45.6 Å². The summed E-state index contributed by atoms with van der Waals surface area (Å²) in [6.45, 7) is 1.74. The lowest BCUT2D eigenvalue weighted by Gasteiger charge is -2.15. The quantitative estimate of drug-likeness (QED) is 0.576. The van der Waals surface area contributed by atoms with Crippen LogP contribution in [0.2, 0.25) is 0 Å². The molecule has 0 bridgehead atoms. The molecule has 0 aliphatic rings. The summed E-state index contributed by atoms with van der Waals surface area (Å²) < 4.78 is 6.33.